The lowest BCUT2D eigenvalue weighted by molar-refractivity contribution is -0.173. The monoisotopic (exact) mass is 917 g/mol. The average molecular weight is 918 g/mol. The van der Waals surface area contributed by atoms with Gasteiger partial charge < -0.3 is 48.7 Å². The van der Waals surface area contributed by atoms with Gasteiger partial charge in [-0.2, -0.15) is 4.98 Å². The topological polar surface area (TPSA) is 219 Å². The Morgan fingerprint density at radius 1 is 1.06 bits per heavy atom. The van der Waals surface area contributed by atoms with Crippen LogP contribution in [0.1, 0.15) is 71.3 Å². The number of nitrogen functional groups attached to an aromatic ring is 1. The van der Waals surface area contributed by atoms with Crippen molar-refractivity contribution in [2.45, 2.75) is 72.3 Å². The number of halogens is 1. The summed E-state index contributed by atoms with van der Waals surface area (Å²) in [5.74, 6) is 6.18. The van der Waals surface area contributed by atoms with E-state index in [4.69, 9.17) is 41.3 Å². The molecule has 0 bridgehead atoms. The fourth-order valence-corrected chi connectivity index (χ4v) is 8.92. The van der Waals surface area contributed by atoms with Crippen molar-refractivity contribution in [2.75, 3.05) is 46.6 Å². The number of esters is 1. The van der Waals surface area contributed by atoms with Gasteiger partial charge in [0.2, 0.25) is 11.5 Å². The number of aromatic nitrogens is 6. The van der Waals surface area contributed by atoms with Crippen LogP contribution in [0.25, 0.3) is 33.3 Å². The first-order chi connectivity index (χ1) is 31.6. The lowest BCUT2D eigenvalue weighted by atomic mass is 9.85. The highest BCUT2D eigenvalue weighted by Gasteiger charge is 2.51. The van der Waals surface area contributed by atoms with E-state index in [9.17, 15) is 24.3 Å². The Bertz CT molecular complexity index is 3120. The largest absolute Gasteiger partial charge is 0.508 e. The number of pyridine rings is 3. The van der Waals surface area contributed by atoms with Gasteiger partial charge in [0, 0.05) is 73.6 Å². The Morgan fingerprint density at radius 2 is 1.82 bits per heavy atom. The number of hydrogen-bond acceptors (Lipinski definition) is 14. The zero-order chi connectivity index (χ0) is 47.2. The van der Waals surface area contributed by atoms with Crippen molar-refractivity contribution in [1.29, 1.82) is 0 Å². The Morgan fingerprint density at radius 3 is 2.55 bits per heavy atom. The molecule has 7 heterocycles. The lowest BCUT2D eigenvalue weighted by Gasteiger charge is -2.36. The van der Waals surface area contributed by atoms with E-state index in [1.165, 1.54) is 23.9 Å². The minimum Gasteiger partial charge on any atom is -0.508 e. The maximum atomic E-state index is 14.1. The maximum absolute atomic E-state index is 14.1. The summed E-state index contributed by atoms with van der Waals surface area (Å²) in [6.07, 6.45) is 2.83. The van der Waals surface area contributed by atoms with Crippen LogP contribution in [0, 0.1) is 25.7 Å². The van der Waals surface area contributed by atoms with Crippen LogP contribution < -0.4 is 16.0 Å². The van der Waals surface area contributed by atoms with Crippen molar-refractivity contribution >= 4 is 57.6 Å². The van der Waals surface area contributed by atoms with E-state index in [1.54, 1.807) is 55.3 Å². The fourth-order valence-electron chi connectivity index (χ4n) is 8.64. The Balaban J connectivity index is 0.911. The van der Waals surface area contributed by atoms with Crippen molar-refractivity contribution in [1.82, 2.24) is 38.9 Å². The zero-order valence-corrected chi connectivity index (χ0v) is 38.3. The van der Waals surface area contributed by atoms with Crippen LogP contribution in [-0.4, -0.2) is 103 Å². The quantitative estimate of drug-likeness (QED) is 0.0502. The van der Waals surface area contributed by atoms with Crippen LogP contribution in [0.15, 0.2) is 41.5 Å². The van der Waals surface area contributed by atoms with Gasteiger partial charge in [-0.25, -0.2) is 24.4 Å². The van der Waals surface area contributed by atoms with Gasteiger partial charge in [-0.1, -0.05) is 37.3 Å². The molecule has 0 fully saturated rings. The van der Waals surface area contributed by atoms with E-state index in [1.807, 2.05) is 25.3 Å². The number of carbonyl (C=O) groups excluding carboxylic acids is 3. The number of ether oxygens (including phenoxy) is 4. The molecule has 2 amide bonds. The molecule has 2 aliphatic rings. The summed E-state index contributed by atoms with van der Waals surface area (Å²) >= 11 is 6.53. The van der Waals surface area contributed by atoms with Crippen LogP contribution in [0.2, 0.25) is 5.15 Å². The van der Waals surface area contributed by atoms with E-state index in [-0.39, 0.29) is 79.2 Å². The van der Waals surface area contributed by atoms with Gasteiger partial charge in [-0.15, -0.1) is 0 Å². The number of cyclic esters (lactones) is 1. The predicted molar refractivity (Wildman–Crippen MR) is 244 cm³/mol. The van der Waals surface area contributed by atoms with Crippen LogP contribution in [0.4, 0.5) is 15.5 Å². The summed E-state index contributed by atoms with van der Waals surface area (Å²) < 4.78 is 26.0. The third-order valence-corrected chi connectivity index (χ3v) is 12.5. The molecular weight excluding hydrogens is 870 g/mol. The number of hydrogen-bond donors (Lipinski definition) is 2. The predicted octanol–water partition coefficient (Wildman–Crippen LogP) is 5.98. The lowest BCUT2D eigenvalue weighted by Crippen LogP contribution is -2.49. The second-order valence-corrected chi connectivity index (χ2v) is 16.6. The summed E-state index contributed by atoms with van der Waals surface area (Å²) in [5, 5.41) is 11.7. The number of benzene rings is 1. The summed E-state index contributed by atoms with van der Waals surface area (Å²) in [4.78, 5) is 75.0. The van der Waals surface area contributed by atoms with Gasteiger partial charge in [0.05, 0.1) is 59.3 Å². The number of nitrogens with two attached hydrogens (primary N) is 1. The number of amides is 2. The van der Waals surface area contributed by atoms with Crippen LogP contribution in [0.5, 0.6) is 11.5 Å². The van der Waals surface area contributed by atoms with Gasteiger partial charge in [-0.05, 0) is 56.5 Å². The van der Waals surface area contributed by atoms with Gasteiger partial charge in [-0.3, -0.25) is 9.78 Å². The maximum Gasteiger partial charge on any atom is 0.411 e. The third-order valence-electron chi connectivity index (χ3n) is 12.2. The molecule has 8 rings (SSSR count). The number of carbonyl (C=O) groups is 3. The summed E-state index contributed by atoms with van der Waals surface area (Å²) in [6, 6.07) is 6.65. The highest BCUT2D eigenvalue weighted by molar-refractivity contribution is 6.34. The molecule has 3 N–H and O–H groups in total. The molecule has 0 saturated carbocycles. The number of rotatable bonds is 11. The van der Waals surface area contributed by atoms with E-state index >= 15 is 0 Å². The van der Waals surface area contributed by atoms with Crippen LogP contribution in [0.3, 0.4) is 0 Å². The Hall–Kier alpha value is -7.39. The number of likely N-dealkylation sites (N-methyl/N-ethyl adjacent to an activating group) is 2. The second-order valence-electron chi connectivity index (χ2n) is 16.2. The molecular formula is C47H48ClN9O9. The van der Waals surface area contributed by atoms with Gasteiger partial charge in [0.25, 0.3) is 5.56 Å². The molecule has 6 aromatic rings. The number of methoxy groups -OCH3 is 1. The van der Waals surface area contributed by atoms with Crippen molar-refractivity contribution in [2.24, 2.45) is 0 Å². The van der Waals surface area contributed by atoms with Crippen LogP contribution in [-0.2, 0) is 50.7 Å². The molecule has 0 radical (unpaired) electrons. The summed E-state index contributed by atoms with van der Waals surface area (Å²) in [7, 11) is 4.61. The van der Waals surface area contributed by atoms with Gasteiger partial charge in [0.15, 0.2) is 0 Å². The third kappa shape index (κ3) is 7.93. The number of nitrogens with zero attached hydrogens (tertiary/aromatic N) is 8. The second kappa shape index (κ2) is 17.9. The SMILES string of the molecule is CCc1c2c(nc3ccc(O)cc13)-c1cc3c(c(=O)n1C2)COC(=O)C3(CC)OC(=O)N(C)CCN(C)C(=O)OCCC#Cc1cn(Cc2ncc(C)c(OC)c2C)c2nc(N)nc(Cl)c12. The van der Waals surface area contributed by atoms with Crippen molar-refractivity contribution in [3.05, 3.63) is 96.8 Å². The van der Waals surface area contributed by atoms with E-state index in [2.05, 4.69) is 26.8 Å². The standard InChI is InChI=1S/C47H48ClN9O9/c1-8-29-30-18-28(58)13-14-34(30)51-38-31(29)22-57-36(38)19-33-32(42(57)59)24-65-43(60)47(33,9-2)66-46(62)55(6)16-15-54(5)45(61)64-17-11-10-12-27-21-56(41-37(27)40(48)52-44(49)53-41)23-35-26(4)39(63-7)25(3)20-50-35/h13-14,18-21,58H,8-9,11,15-17,22-24H2,1-7H3,(H2,49,52,53). The minimum atomic E-state index is -1.93. The molecule has 18 nitrogen and oxygen atoms in total. The number of phenols is 1. The molecule has 1 unspecified atom stereocenters. The van der Waals surface area contributed by atoms with Crippen molar-refractivity contribution < 1.29 is 38.4 Å². The molecule has 0 spiro atoms. The zero-order valence-electron chi connectivity index (χ0n) is 37.6. The Kier molecular flexibility index (Phi) is 12.2. The van der Waals surface area contributed by atoms with Crippen molar-refractivity contribution in [3.8, 4) is 34.7 Å². The highest BCUT2D eigenvalue weighted by atomic mass is 35.5. The number of aryl methyl sites for hydroxylation is 2. The van der Waals surface area contributed by atoms with Crippen molar-refractivity contribution in [3.63, 3.8) is 0 Å². The first-order valence-electron chi connectivity index (χ1n) is 21.3. The molecule has 2 aliphatic heterocycles. The fraction of sp³-hybridized carbons (Fsp3) is 0.362. The van der Waals surface area contributed by atoms with E-state index < -0.39 is 23.8 Å². The first kappa shape index (κ1) is 45.2. The first-order valence-corrected chi connectivity index (χ1v) is 21.7. The molecule has 0 aliphatic carbocycles. The summed E-state index contributed by atoms with van der Waals surface area (Å²) in [5.41, 5.74) is 11.2. The highest BCUT2D eigenvalue weighted by Crippen LogP contribution is 2.43. The Labute approximate surface area is 384 Å². The molecule has 0 saturated heterocycles. The number of phenolic OH excluding ortho intramolecular Hbond substituents is 1. The average Bonchev–Trinajstić information content (AvgIpc) is 3.84. The van der Waals surface area contributed by atoms with Crippen LogP contribution >= 0.6 is 11.6 Å². The van der Waals surface area contributed by atoms with E-state index in [0.717, 1.165) is 39.1 Å². The number of aromatic hydroxyl groups is 1. The number of fused-ring (bicyclic) bond motifs is 6. The summed E-state index contributed by atoms with van der Waals surface area (Å²) in [6.45, 7) is 7.87. The normalized spacial score (nSPS) is 14.8. The number of anilines is 1. The smallest absolute Gasteiger partial charge is 0.411 e. The molecule has 1 atom stereocenters. The minimum absolute atomic E-state index is 0.00992. The van der Waals surface area contributed by atoms with Gasteiger partial charge >= 0.3 is 18.2 Å². The molecule has 66 heavy (non-hydrogen) atoms. The molecule has 19 heteroatoms. The van der Waals surface area contributed by atoms with Gasteiger partial charge in [0.1, 0.15) is 35.5 Å². The molecule has 1 aromatic carbocycles. The molecule has 342 valence electrons. The molecule has 5 aromatic heterocycles. The van der Waals surface area contributed by atoms with E-state index in [0.29, 0.717) is 46.5 Å².